The highest BCUT2D eigenvalue weighted by Gasteiger charge is 2.11. The molecule has 2 aromatic carbocycles. The van der Waals surface area contributed by atoms with Crippen molar-refractivity contribution in [1.29, 1.82) is 0 Å². The molecule has 0 aliphatic rings. The molecular weight excluding hydrogens is 352 g/mol. The van der Waals surface area contributed by atoms with Crippen LogP contribution in [-0.2, 0) is 4.79 Å². The number of rotatable bonds is 2. The fourth-order valence-corrected chi connectivity index (χ4v) is 3.62. The maximum atomic E-state index is 12.6. The van der Waals surface area contributed by atoms with Crippen molar-refractivity contribution in [3.63, 3.8) is 0 Å². The molecule has 0 bridgehead atoms. The van der Waals surface area contributed by atoms with Gasteiger partial charge >= 0.3 is 5.97 Å². The van der Waals surface area contributed by atoms with Crippen molar-refractivity contribution < 1.29 is 9.53 Å². The summed E-state index contributed by atoms with van der Waals surface area (Å²) in [6.07, 6.45) is 1.68. The lowest BCUT2D eigenvalue weighted by Gasteiger charge is -2.00. The van der Waals surface area contributed by atoms with Crippen molar-refractivity contribution in [2.24, 2.45) is 0 Å². The first-order valence-corrected chi connectivity index (χ1v) is 8.59. The molecule has 0 amide bonds. The fourth-order valence-electron chi connectivity index (χ4n) is 2.65. The molecule has 6 nitrogen and oxygen atoms in total. The Labute approximate surface area is 150 Å². The van der Waals surface area contributed by atoms with Crippen LogP contribution in [0.2, 0.25) is 0 Å². The Morgan fingerprint density at radius 2 is 1.81 bits per heavy atom. The maximum absolute atomic E-state index is 12.6. The molecule has 4 aromatic rings. The normalized spacial score (nSPS) is 12.0. The smallest absolute Gasteiger partial charge is 0.308 e. The Hall–Kier alpha value is -3.32. The summed E-state index contributed by atoms with van der Waals surface area (Å²) in [5.41, 5.74) is 0.562. The molecule has 2 heterocycles. The Morgan fingerprint density at radius 3 is 2.54 bits per heavy atom. The zero-order valence-electron chi connectivity index (χ0n) is 13.6. The van der Waals surface area contributed by atoms with E-state index in [1.54, 1.807) is 54.6 Å². The lowest BCUT2D eigenvalue weighted by Crippen LogP contribution is -2.31. The summed E-state index contributed by atoms with van der Waals surface area (Å²) in [6.45, 7) is 1.33. The minimum absolute atomic E-state index is 0.362. The number of nitrogens with zero attached hydrogens (tertiary/aromatic N) is 2. The molecule has 0 fully saturated rings. The van der Waals surface area contributed by atoms with E-state index in [0.29, 0.717) is 26.1 Å². The Kier molecular flexibility index (Phi) is 3.85. The van der Waals surface area contributed by atoms with Crippen molar-refractivity contribution in [3.05, 3.63) is 79.3 Å². The monoisotopic (exact) mass is 364 g/mol. The van der Waals surface area contributed by atoms with Gasteiger partial charge in [0.1, 0.15) is 5.75 Å². The van der Waals surface area contributed by atoms with Crippen LogP contribution in [0.4, 0.5) is 0 Å². The third-order valence-corrected chi connectivity index (χ3v) is 4.77. The lowest BCUT2D eigenvalue weighted by molar-refractivity contribution is -0.131. The molecular formula is C19H12N2O4S. The molecule has 128 valence electrons. The Bertz CT molecular complexity index is 1320. The summed E-state index contributed by atoms with van der Waals surface area (Å²) in [6, 6.07) is 13.7. The highest BCUT2D eigenvalue weighted by atomic mass is 32.1. The number of esters is 1. The van der Waals surface area contributed by atoms with Gasteiger partial charge in [0.15, 0.2) is 0 Å². The minimum atomic E-state index is -0.398. The number of para-hydroxylation sites is 1. The standard InChI is InChI=1S/C19H12N2O4S/c1-11(22)25-13-8-6-12(7-9-13)10-16-18(24)21-17(23)14-4-2-3-5-15(14)20-19(21)26-16/h2-10H,1H3/b16-10+. The molecule has 7 heteroatoms. The molecule has 0 aliphatic heterocycles. The van der Waals surface area contributed by atoms with E-state index in [0.717, 1.165) is 21.3 Å². The van der Waals surface area contributed by atoms with Crippen LogP contribution in [0.15, 0.2) is 58.1 Å². The van der Waals surface area contributed by atoms with Crippen LogP contribution in [0.5, 0.6) is 5.75 Å². The van der Waals surface area contributed by atoms with Crippen LogP contribution >= 0.6 is 11.3 Å². The van der Waals surface area contributed by atoms with E-state index in [2.05, 4.69) is 4.98 Å². The SMILES string of the molecule is CC(=O)Oc1ccc(/C=c2/sc3nc4ccccc4c(=O)n3c2=O)cc1. The van der Waals surface area contributed by atoms with Gasteiger partial charge in [-0.05, 0) is 35.9 Å². The van der Waals surface area contributed by atoms with Crippen molar-refractivity contribution in [3.8, 4) is 5.75 Å². The summed E-state index contributed by atoms with van der Waals surface area (Å²) < 4.78 is 6.49. The molecule has 0 aliphatic carbocycles. The molecule has 0 radical (unpaired) electrons. The van der Waals surface area contributed by atoms with Gasteiger partial charge in [0, 0.05) is 6.92 Å². The molecule has 0 spiro atoms. The maximum Gasteiger partial charge on any atom is 0.308 e. The number of benzene rings is 2. The van der Waals surface area contributed by atoms with Crippen molar-refractivity contribution in [2.75, 3.05) is 0 Å². The molecule has 0 saturated carbocycles. The third kappa shape index (κ3) is 2.78. The molecule has 2 aromatic heterocycles. The van der Waals surface area contributed by atoms with Crippen LogP contribution in [-0.4, -0.2) is 15.4 Å². The van der Waals surface area contributed by atoms with E-state index in [1.165, 1.54) is 6.92 Å². The average Bonchev–Trinajstić information content (AvgIpc) is 2.92. The van der Waals surface area contributed by atoms with Gasteiger partial charge in [0.25, 0.3) is 11.1 Å². The van der Waals surface area contributed by atoms with Gasteiger partial charge < -0.3 is 4.74 Å². The van der Waals surface area contributed by atoms with E-state index in [4.69, 9.17) is 4.74 Å². The van der Waals surface area contributed by atoms with Crippen molar-refractivity contribution in [1.82, 2.24) is 9.38 Å². The number of aromatic nitrogens is 2. The van der Waals surface area contributed by atoms with Gasteiger partial charge in [-0.2, -0.15) is 0 Å². The fraction of sp³-hybridized carbons (Fsp3) is 0.0526. The number of carbonyl (C=O) groups is 1. The highest BCUT2D eigenvalue weighted by Crippen LogP contribution is 2.13. The first-order valence-electron chi connectivity index (χ1n) is 7.77. The van der Waals surface area contributed by atoms with Crippen LogP contribution in [0.25, 0.3) is 21.9 Å². The van der Waals surface area contributed by atoms with Gasteiger partial charge in [-0.1, -0.05) is 35.6 Å². The molecule has 0 atom stereocenters. The summed E-state index contributed by atoms with van der Waals surface area (Å²) in [5.74, 6) is 0.0306. The Balaban J connectivity index is 1.88. The molecule has 26 heavy (non-hydrogen) atoms. The van der Waals surface area contributed by atoms with Gasteiger partial charge in [-0.15, -0.1) is 0 Å². The zero-order valence-corrected chi connectivity index (χ0v) is 14.4. The molecule has 4 rings (SSSR count). The summed E-state index contributed by atoms with van der Waals surface area (Å²) >= 11 is 1.16. The predicted molar refractivity (Wildman–Crippen MR) is 99.7 cm³/mol. The highest BCUT2D eigenvalue weighted by molar-refractivity contribution is 7.15. The van der Waals surface area contributed by atoms with E-state index in [9.17, 15) is 14.4 Å². The van der Waals surface area contributed by atoms with Crippen LogP contribution in [0, 0.1) is 0 Å². The zero-order chi connectivity index (χ0) is 18.3. The second kappa shape index (κ2) is 6.20. The minimum Gasteiger partial charge on any atom is -0.427 e. The predicted octanol–water partition coefficient (Wildman–Crippen LogP) is 1.74. The number of hydrogen-bond acceptors (Lipinski definition) is 6. The Morgan fingerprint density at radius 1 is 1.08 bits per heavy atom. The first-order chi connectivity index (χ1) is 12.5. The number of thiazole rings is 1. The number of ether oxygens (including phenoxy) is 1. The molecule has 0 unspecified atom stereocenters. The first kappa shape index (κ1) is 16.2. The van der Waals surface area contributed by atoms with Gasteiger partial charge in [-0.25, -0.2) is 9.38 Å². The summed E-state index contributed by atoms with van der Waals surface area (Å²) in [7, 11) is 0. The topological polar surface area (TPSA) is 77.7 Å². The second-order valence-electron chi connectivity index (χ2n) is 5.63. The molecule has 0 N–H and O–H groups in total. The van der Waals surface area contributed by atoms with E-state index >= 15 is 0 Å². The van der Waals surface area contributed by atoms with E-state index < -0.39 is 11.5 Å². The van der Waals surface area contributed by atoms with Gasteiger partial charge in [0.2, 0.25) is 4.96 Å². The van der Waals surface area contributed by atoms with Gasteiger partial charge in [-0.3, -0.25) is 14.4 Å². The number of fused-ring (bicyclic) bond motifs is 2. The van der Waals surface area contributed by atoms with Crippen molar-refractivity contribution in [2.45, 2.75) is 6.92 Å². The second-order valence-corrected chi connectivity index (χ2v) is 6.64. The van der Waals surface area contributed by atoms with Crippen LogP contribution in [0.3, 0.4) is 0 Å². The van der Waals surface area contributed by atoms with Crippen LogP contribution < -0.4 is 20.4 Å². The van der Waals surface area contributed by atoms with Gasteiger partial charge in [0.05, 0.1) is 15.4 Å². The lowest BCUT2D eigenvalue weighted by atomic mass is 10.2. The third-order valence-electron chi connectivity index (χ3n) is 3.80. The molecule has 0 saturated heterocycles. The van der Waals surface area contributed by atoms with Crippen LogP contribution in [0.1, 0.15) is 12.5 Å². The average molecular weight is 364 g/mol. The quantitative estimate of drug-likeness (QED) is 0.400. The van der Waals surface area contributed by atoms with Crippen molar-refractivity contribution >= 4 is 39.2 Å². The summed E-state index contributed by atoms with van der Waals surface area (Å²) in [5, 5.41) is 0.414. The number of hydrogen-bond donors (Lipinski definition) is 0. The van der Waals surface area contributed by atoms with E-state index in [1.807, 2.05) is 0 Å². The van der Waals surface area contributed by atoms with E-state index in [-0.39, 0.29) is 5.56 Å². The largest absolute Gasteiger partial charge is 0.427 e. The number of carbonyl (C=O) groups excluding carboxylic acids is 1. The summed E-state index contributed by atoms with van der Waals surface area (Å²) in [4.78, 5) is 41.0.